The van der Waals surface area contributed by atoms with Crippen LogP contribution in [0.5, 0.6) is 0 Å². The van der Waals surface area contributed by atoms with Crippen molar-refractivity contribution in [2.75, 3.05) is 6.61 Å². The third-order valence-electron chi connectivity index (χ3n) is 1.56. The SMILES string of the molecule is CCOC(=O)NC(=S)C(C)CC. The van der Waals surface area contributed by atoms with E-state index < -0.39 is 6.09 Å². The van der Waals surface area contributed by atoms with E-state index in [1.165, 1.54) is 0 Å². The van der Waals surface area contributed by atoms with E-state index in [4.69, 9.17) is 12.2 Å². The zero-order chi connectivity index (χ0) is 9.56. The number of alkyl carbamates (subject to hydrolysis) is 1. The van der Waals surface area contributed by atoms with E-state index in [1.54, 1.807) is 6.92 Å². The summed E-state index contributed by atoms with van der Waals surface area (Å²) in [6.07, 6.45) is 0.466. The molecule has 0 aliphatic rings. The molecule has 0 radical (unpaired) electrons. The van der Waals surface area contributed by atoms with E-state index in [9.17, 15) is 4.79 Å². The zero-order valence-corrected chi connectivity index (χ0v) is 8.53. The highest BCUT2D eigenvalue weighted by atomic mass is 32.1. The van der Waals surface area contributed by atoms with Crippen LogP contribution >= 0.6 is 12.2 Å². The summed E-state index contributed by atoms with van der Waals surface area (Å²) >= 11 is 4.95. The summed E-state index contributed by atoms with van der Waals surface area (Å²) in [6.45, 7) is 6.11. The maximum Gasteiger partial charge on any atom is 0.412 e. The van der Waals surface area contributed by atoms with Gasteiger partial charge in [-0.25, -0.2) is 4.79 Å². The summed E-state index contributed by atoms with van der Waals surface area (Å²) in [5.74, 6) is 0.226. The van der Waals surface area contributed by atoms with E-state index in [0.29, 0.717) is 11.6 Å². The number of carbonyl (C=O) groups is 1. The molecule has 3 nitrogen and oxygen atoms in total. The molecule has 0 heterocycles. The first-order valence-electron chi connectivity index (χ1n) is 4.09. The number of carbonyl (C=O) groups excluding carboxylic acids is 1. The molecule has 1 atom stereocenters. The molecule has 0 aliphatic carbocycles. The molecule has 0 aromatic carbocycles. The lowest BCUT2D eigenvalue weighted by Crippen LogP contribution is -2.33. The van der Waals surface area contributed by atoms with Crippen LogP contribution in [-0.2, 0) is 4.74 Å². The van der Waals surface area contributed by atoms with E-state index >= 15 is 0 Å². The summed E-state index contributed by atoms with van der Waals surface area (Å²) in [5, 5.41) is 2.50. The second-order valence-electron chi connectivity index (χ2n) is 2.52. The fraction of sp³-hybridized carbons (Fsp3) is 0.750. The van der Waals surface area contributed by atoms with Gasteiger partial charge in [-0.3, -0.25) is 5.32 Å². The molecule has 0 rings (SSSR count). The van der Waals surface area contributed by atoms with Crippen molar-refractivity contribution >= 4 is 23.3 Å². The van der Waals surface area contributed by atoms with Crippen molar-refractivity contribution in [3.63, 3.8) is 0 Å². The van der Waals surface area contributed by atoms with Crippen molar-refractivity contribution in [3.05, 3.63) is 0 Å². The zero-order valence-electron chi connectivity index (χ0n) is 7.72. The Hall–Kier alpha value is -0.640. The summed E-state index contributed by atoms with van der Waals surface area (Å²) in [6, 6.07) is 0. The van der Waals surface area contributed by atoms with Crippen molar-refractivity contribution in [2.45, 2.75) is 27.2 Å². The Labute approximate surface area is 78.5 Å². The van der Waals surface area contributed by atoms with Gasteiger partial charge in [-0.2, -0.15) is 0 Å². The summed E-state index contributed by atoms with van der Waals surface area (Å²) in [4.78, 5) is 11.4. The summed E-state index contributed by atoms with van der Waals surface area (Å²) < 4.78 is 4.67. The van der Waals surface area contributed by atoms with Gasteiger partial charge in [0.2, 0.25) is 0 Å². The fourth-order valence-corrected chi connectivity index (χ4v) is 0.826. The highest BCUT2D eigenvalue weighted by Gasteiger charge is 2.09. The third-order valence-corrected chi connectivity index (χ3v) is 2.07. The minimum atomic E-state index is -0.456. The van der Waals surface area contributed by atoms with Gasteiger partial charge in [0.1, 0.15) is 0 Å². The maximum atomic E-state index is 10.9. The van der Waals surface area contributed by atoms with Crippen LogP contribution in [0.4, 0.5) is 4.79 Å². The second kappa shape index (κ2) is 5.94. The molecule has 0 saturated heterocycles. The largest absolute Gasteiger partial charge is 0.450 e. The van der Waals surface area contributed by atoms with Crippen molar-refractivity contribution in [1.29, 1.82) is 0 Å². The Bertz CT molecular complexity index is 170. The molecule has 0 bridgehead atoms. The van der Waals surface area contributed by atoms with Crippen LogP contribution in [0.3, 0.4) is 0 Å². The van der Waals surface area contributed by atoms with Crippen LogP contribution in [0.2, 0.25) is 0 Å². The minimum Gasteiger partial charge on any atom is -0.450 e. The monoisotopic (exact) mass is 189 g/mol. The molecular formula is C8H15NO2S. The topological polar surface area (TPSA) is 38.3 Å². The molecule has 4 heteroatoms. The molecule has 0 aliphatic heterocycles. The van der Waals surface area contributed by atoms with E-state index in [2.05, 4.69) is 10.1 Å². The molecule has 0 aromatic heterocycles. The molecule has 1 N–H and O–H groups in total. The van der Waals surface area contributed by atoms with E-state index in [0.717, 1.165) is 6.42 Å². The molecule has 1 unspecified atom stereocenters. The number of rotatable bonds is 3. The van der Waals surface area contributed by atoms with Gasteiger partial charge in [-0.1, -0.05) is 26.1 Å². The molecule has 0 fully saturated rings. The number of thiocarbonyl (C=S) groups is 1. The van der Waals surface area contributed by atoms with Crippen molar-refractivity contribution < 1.29 is 9.53 Å². The van der Waals surface area contributed by atoms with Gasteiger partial charge in [-0.05, 0) is 13.3 Å². The van der Waals surface area contributed by atoms with Crippen LogP contribution in [0.1, 0.15) is 27.2 Å². The molecule has 70 valence electrons. The number of hydrogen-bond acceptors (Lipinski definition) is 3. The van der Waals surface area contributed by atoms with E-state index in [-0.39, 0.29) is 5.92 Å². The van der Waals surface area contributed by atoms with Crippen LogP contribution in [-0.4, -0.2) is 17.7 Å². The van der Waals surface area contributed by atoms with Gasteiger partial charge in [0, 0.05) is 5.92 Å². The van der Waals surface area contributed by atoms with Gasteiger partial charge >= 0.3 is 6.09 Å². The molecule has 0 aromatic rings. The van der Waals surface area contributed by atoms with Gasteiger partial charge in [0.05, 0.1) is 11.6 Å². The van der Waals surface area contributed by atoms with Crippen LogP contribution < -0.4 is 5.32 Å². The van der Waals surface area contributed by atoms with Crippen LogP contribution in [0.15, 0.2) is 0 Å². The van der Waals surface area contributed by atoms with Crippen molar-refractivity contribution in [2.24, 2.45) is 5.92 Å². The number of ether oxygens (including phenoxy) is 1. The van der Waals surface area contributed by atoms with Gasteiger partial charge in [0.15, 0.2) is 0 Å². The number of amides is 1. The average Bonchev–Trinajstić information content (AvgIpc) is 2.03. The Balaban J connectivity index is 3.76. The average molecular weight is 189 g/mol. The molecule has 0 saturated carbocycles. The fourth-order valence-electron chi connectivity index (χ4n) is 0.576. The summed E-state index contributed by atoms with van der Waals surface area (Å²) in [5.41, 5.74) is 0. The Morgan fingerprint density at radius 1 is 1.58 bits per heavy atom. The molecule has 0 spiro atoms. The smallest absolute Gasteiger partial charge is 0.412 e. The first-order chi connectivity index (χ1) is 5.61. The number of hydrogen-bond donors (Lipinski definition) is 1. The van der Waals surface area contributed by atoms with Gasteiger partial charge in [0.25, 0.3) is 0 Å². The van der Waals surface area contributed by atoms with Crippen molar-refractivity contribution in [3.8, 4) is 0 Å². The van der Waals surface area contributed by atoms with Gasteiger partial charge < -0.3 is 4.74 Å². The summed E-state index contributed by atoms with van der Waals surface area (Å²) in [7, 11) is 0. The second-order valence-corrected chi connectivity index (χ2v) is 2.96. The van der Waals surface area contributed by atoms with Crippen LogP contribution in [0, 0.1) is 5.92 Å². The first-order valence-corrected chi connectivity index (χ1v) is 4.50. The third kappa shape index (κ3) is 4.28. The maximum absolute atomic E-state index is 10.9. The quantitative estimate of drug-likeness (QED) is 0.691. The van der Waals surface area contributed by atoms with Crippen LogP contribution in [0.25, 0.3) is 0 Å². The standard InChI is InChI=1S/C8H15NO2S/c1-4-6(3)7(12)9-8(10)11-5-2/h6H,4-5H2,1-3H3,(H,9,10,12). The highest BCUT2D eigenvalue weighted by molar-refractivity contribution is 7.80. The molecule has 1 amide bonds. The van der Waals surface area contributed by atoms with Gasteiger partial charge in [-0.15, -0.1) is 0 Å². The molecule has 12 heavy (non-hydrogen) atoms. The lowest BCUT2D eigenvalue weighted by atomic mass is 10.1. The first kappa shape index (κ1) is 11.4. The predicted octanol–water partition coefficient (Wildman–Crippen LogP) is 2.11. The lowest BCUT2D eigenvalue weighted by molar-refractivity contribution is 0.157. The normalized spacial score (nSPS) is 11.9. The highest BCUT2D eigenvalue weighted by Crippen LogP contribution is 2.01. The number of nitrogens with one attached hydrogen (secondary N) is 1. The molecular weight excluding hydrogens is 174 g/mol. The Kier molecular flexibility index (Phi) is 5.62. The Morgan fingerprint density at radius 3 is 2.58 bits per heavy atom. The Morgan fingerprint density at radius 2 is 2.17 bits per heavy atom. The van der Waals surface area contributed by atoms with E-state index in [1.807, 2.05) is 13.8 Å². The lowest BCUT2D eigenvalue weighted by Gasteiger charge is -2.11. The van der Waals surface area contributed by atoms with Crippen molar-refractivity contribution in [1.82, 2.24) is 5.32 Å². The minimum absolute atomic E-state index is 0.226. The predicted molar refractivity (Wildman–Crippen MR) is 52.2 cm³/mol.